The highest BCUT2D eigenvalue weighted by atomic mass is 32.2. The summed E-state index contributed by atoms with van der Waals surface area (Å²) in [6.07, 6.45) is 3.17. The molecule has 2 aromatic rings. The first-order chi connectivity index (χ1) is 13.8. The molecule has 29 heavy (non-hydrogen) atoms. The van der Waals surface area contributed by atoms with E-state index in [1.165, 1.54) is 17.0 Å². The Balaban J connectivity index is 1.83. The fraction of sp³-hybridized carbons (Fsp3) is 0.292. The summed E-state index contributed by atoms with van der Waals surface area (Å²) in [5.41, 5.74) is 4.16. The molecule has 0 radical (unpaired) electrons. The van der Waals surface area contributed by atoms with Crippen LogP contribution >= 0.6 is 11.8 Å². The molecule has 1 N–H and O–H groups in total. The SMILES string of the molecule is CC1(C)Sc2ccccc2C(c2ccc(F)cc2)=C1C=C[C@@H]1C[C@@H](O)CC(=O)O1. The number of carbonyl (C=O) groups excluding carboxylic acids is 1. The number of carbonyl (C=O) groups is 1. The smallest absolute Gasteiger partial charge is 0.309 e. The minimum Gasteiger partial charge on any atom is -0.458 e. The zero-order chi connectivity index (χ0) is 20.6. The number of hydrogen-bond donors (Lipinski definition) is 1. The number of esters is 1. The van der Waals surface area contributed by atoms with Gasteiger partial charge in [0.05, 0.1) is 12.5 Å². The molecule has 5 heteroatoms. The Morgan fingerprint density at radius 2 is 1.90 bits per heavy atom. The van der Waals surface area contributed by atoms with Crippen LogP contribution in [-0.4, -0.2) is 28.0 Å². The lowest BCUT2D eigenvalue weighted by Gasteiger charge is -2.35. The average Bonchev–Trinajstić information content (AvgIpc) is 2.65. The number of cyclic esters (lactones) is 1. The molecule has 1 saturated heterocycles. The van der Waals surface area contributed by atoms with Crippen molar-refractivity contribution in [3.63, 3.8) is 0 Å². The molecule has 0 unspecified atom stereocenters. The van der Waals surface area contributed by atoms with Crippen LogP contribution in [0.3, 0.4) is 0 Å². The number of hydrogen-bond acceptors (Lipinski definition) is 4. The molecule has 4 rings (SSSR count). The first-order valence-corrected chi connectivity index (χ1v) is 10.5. The van der Waals surface area contributed by atoms with Gasteiger partial charge in [-0.2, -0.15) is 0 Å². The van der Waals surface area contributed by atoms with Gasteiger partial charge in [0.1, 0.15) is 11.9 Å². The van der Waals surface area contributed by atoms with Gasteiger partial charge in [-0.15, -0.1) is 11.8 Å². The van der Waals surface area contributed by atoms with Crippen LogP contribution in [0, 0.1) is 5.82 Å². The maximum absolute atomic E-state index is 13.6. The van der Waals surface area contributed by atoms with Gasteiger partial charge < -0.3 is 9.84 Å². The highest BCUT2D eigenvalue weighted by Crippen LogP contribution is 2.50. The number of aliphatic hydroxyl groups is 1. The van der Waals surface area contributed by atoms with Gasteiger partial charge >= 0.3 is 5.97 Å². The lowest BCUT2D eigenvalue weighted by atomic mass is 9.86. The number of halogens is 1. The molecule has 2 heterocycles. The van der Waals surface area contributed by atoms with Crippen LogP contribution in [-0.2, 0) is 9.53 Å². The van der Waals surface area contributed by atoms with Crippen LogP contribution < -0.4 is 0 Å². The van der Waals surface area contributed by atoms with Crippen LogP contribution in [0.5, 0.6) is 0 Å². The van der Waals surface area contributed by atoms with Gasteiger partial charge in [-0.25, -0.2) is 4.39 Å². The Labute approximate surface area is 174 Å². The van der Waals surface area contributed by atoms with E-state index >= 15 is 0 Å². The number of thioether (sulfide) groups is 1. The van der Waals surface area contributed by atoms with Gasteiger partial charge in [0.15, 0.2) is 0 Å². The minimum atomic E-state index is -0.675. The van der Waals surface area contributed by atoms with Gasteiger partial charge in [-0.3, -0.25) is 4.79 Å². The van der Waals surface area contributed by atoms with Crippen LogP contribution in [0.15, 0.2) is 71.2 Å². The molecule has 0 spiro atoms. The standard InChI is InChI=1S/C24H23FO3S/c1-24(2)20(12-11-18-13-17(26)14-22(27)28-18)23(15-7-9-16(25)10-8-15)19-5-3-4-6-21(19)29-24/h3-12,17-18,26H,13-14H2,1-2H3/t17-,18-/m1/s1. The Morgan fingerprint density at radius 3 is 2.62 bits per heavy atom. The van der Waals surface area contributed by atoms with Crippen molar-refractivity contribution >= 4 is 23.3 Å². The quantitative estimate of drug-likeness (QED) is 0.712. The Morgan fingerprint density at radius 1 is 1.17 bits per heavy atom. The summed E-state index contributed by atoms with van der Waals surface area (Å²) < 4.78 is 18.7. The van der Waals surface area contributed by atoms with Gasteiger partial charge in [0.2, 0.25) is 0 Å². The molecule has 2 aliphatic heterocycles. The molecule has 3 nitrogen and oxygen atoms in total. The fourth-order valence-corrected chi connectivity index (χ4v) is 5.14. The third-order valence-corrected chi connectivity index (χ3v) is 6.55. The molecule has 0 aromatic heterocycles. The van der Waals surface area contributed by atoms with Gasteiger partial charge in [-0.05, 0) is 60.4 Å². The van der Waals surface area contributed by atoms with Gasteiger partial charge in [0, 0.05) is 16.1 Å². The second-order valence-corrected chi connectivity index (χ2v) is 9.55. The van der Waals surface area contributed by atoms with Crippen LogP contribution in [0.1, 0.15) is 37.8 Å². The monoisotopic (exact) mass is 410 g/mol. The lowest BCUT2D eigenvalue weighted by Crippen LogP contribution is -2.31. The van der Waals surface area contributed by atoms with Crippen molar-refractivity contribution in [1.29, 1.82) is 0 Å². The van der Waals surface area contributed by atoms with Crippen LogP contribution in [0.25, 0.3) is 5.57 Å². The molecule has 2 aliphatic rings. The Hall–Kier alpha value is -2.37. The first kappa shape index (κ1) is 19.9. The van der Waals surface area contributed by atoms with Crippen LogP contribution in [0.2, 0.25) is 0 Å². The lowest BCUT2D eigenvalue weighted by molar-refractivity contribution is -0.156. The maximum Gasteiger partial charge on any atom is 0.309 e. The second kappa shape index (κ2) is 7.81. The molecule has 2 atom stereocenters. The van der Waals surface area contributed by atoms with Crippen molar-refractivity contribution < 1.29 is 19.0 Å². The molecule has 2 aromatic carbocycles. The van der Waals surface area contributed by atoms with Crippen molar-refractivity contribution in [3.05, 3.63) is 83.2 Å². The molecule has 0 amide bonds. The van der Waals surface area contributed by atoms with E-state index in [1.807, 2.05) is 24.3 Å². The average molecular weight is 411 g/mol. The molecular formula is C24H23FO3S. The highest BCUT2D eigenvalue weighted by molar-refractivity contribution is 8.01. The summed E-state index contributed by atoms with van der Waals surface area (Å²) in [5, 5.41) is 9.89. The summed E-state index contributed by atoms with van der Waals surface area (Å²) in [4.78, 5) is 12.9. The van der Waals surface area contributed by atoms with E-state index < -0.39 is 12.2 Å². The number of benzene rings is 2. The molecule has 0 saturated carbocycles. The molecular weight excluding hydrogens is 387 g/mol. The van der Waals surface area contributed by atoms with Crippen molar-refractivity contribution in [1.82, 2.24) is 0 Å². The summed E-state index contributed by atoms with van der Waals surface area (Å²) in [6.45, 7) is 4.30. The summed E-state index contributed by atoms with van der Waals surface area (Å²) in [7, 11) is 0. The summed E-state index contributed by atoms with van der Waals surface area (Å²) in [5.74, 6) is -0.652. The van der Waals surface area contributed by atoms with Crippen LogP contribution in [0.4, 0.5) is 4.39 Å². The number of ether oxygens (including phenoxy) is 1. The zero-order valence-corrected chi connectivity index (χ0v) is 17.2. The van der Waals surface area contributed by atoms with E-state index in [1.54, 1.807) is 23.9 Å². The Kier molecular flexibility index (Phi) is 5.36. The van der Waals surface area contributed by atoms with Crippen molar-refractivity contribution in [2.24, 2.45) is 0 Å². The topological polar surface area (TPSA) is 46.5 Å². The number of rotatable bonds is 3. The predicted octanol–water partition coefficient (Wildman–Crippen LogP) is 5.13. The van der Waals surface area contributed by atoms with Crippen molar-refractivity contribution in [3.8, 4) is 0 Å². The fourth-order valence-electron chi connectivity index (χ4n) is 3.88. The number of allylic oxidation sites excluding steroid dienone is 1. The van der Waals surface area contributed by atoms with E-state index in [2.05, 4.69) is 26.0 Å². The van der Waals surface area contributed by atoms with E-state index in [-0.39, 0.29) is 23.0 Å². The van der Waals surface area contributed by atoms with Crippen molar-refractivity contribution in [2.45, 2.75) is 48.5 Å². The highest BCUT2D eigenvalue weighted by Gasteiger charge is 2.34. The first-order valence-electron chi connectivity index (χ1n) is 9.68. The van der Waals surface area contributed by atoms with E-state index in [0.717, 1.165) is 22.3 Å². The molecule has 150 valence electrons. The number of aliphatic hydroxyl groups excluding tert-OH is 1. The third kappa shape index (κ3) is 4.16. The minimum absolute atomic E-state index is 0.0442. The molecule has 0 aliphatic carbocycles. The van der Waals surface area contributed by atoms with E-state index in [0.29, 0.717) is 6.42 Å². The normalized spacial score (nSPS) is 23.8. The van der Waals surface area contributed by atoms with Gasteiger partial charge in [-0.1, -0.05) is 36.4 Å². The summed E-state index contributed by atoms with van der Waals surface area (Å²) in [6, 6.07) is 14.7. The largest absolute Gasteiger partial charge is 0.458 e. The Bertz CT molecular complexity index is 991. The maximum atomic E-state index is 13.6. The van der Waals surface area contributed by atoms with Gasteiger partial charge in [0.25, 0.3) is 0 Å². The molecule has 0 bridgehead atoms. The van der Waals surface area contributed by atoms with E-state index in [4.69, 9.17) is 4.74 Å². The predicted molar refractivity (Wildman–Crippen MR) is 113 cm³/mol. The zero-order valence-electron chi connectivity index (χ0n) is 16.4. The molecule has 1 fully saturated rings. The van der Waals surface area contributed by atoms with Crippen molar-refractivity contribution in [2.75, 3.05) is 0 Å². The summed E-state index contributed by atoms with van der Waals surface area (Å²) >= 11 is 1.77. The second-order valence-electron chi connectivity index (χ2n) is 7.89. The number of fused-ring (bicyclic) bond motifs is 1. The third-order valence-electron chi connectivity index (χ3n) is 5.24. The van der Waals surface area contributed by atoms with E-state index in [9.17, 15) is 14.3 Å².